The third kappa shape index (κ3) is 2.60. The molecule has 0 spiro atoms. The Morgan fingerprint density at radius 3 is 2.70 bits per heavy atom. The van der Waals surface area contributed by atoms with E-state index in [1.54, 1.807) is 6.20 Å². The Labute approximate surface area is 133 Å². The number of nitrogens with zero attached hydrogens (tertiary/aromatic N) is 3. The van der Waals surface area contributed by atoms with E-state index in [0.717, 1.165) is 28.3 Å². The molecule has 2 aromatic carbocycles. The largest absolute Gasteiger partial charge is 0.399 e. The molecule has 0 radical (unpaired) electrons. The number of para-hydroxylation sites is 1. The van der Waals surface area contributed by atoms with Crippen LogP contribution in [0.5, 0.6) is 0 Å². The van der Waals surface area contributed by atoms with E-state index in [1.807, 2.05) is 71.4 Å². The number of fused-ring (bicyclic) bond motifs is 1. The average molecular weight is 301 g/mol. The van der Waals surface area contributed by atoms with Crippen molar-refractivity contribution < 1.29 is 0 Å². The van der Waals surface area contributed by atoms with E-state index in [4.69, 9.17) is 10.7 Å². The summed E-state index contributed by atoms with van der Waals surface area (Å²) in [5.74, 6) is 0.717. The fraction of sp³-hybridized carbons (Fsp3) is 0. The molecule has 0 saturated carbocycles. The molecular formula is C18H15N5. The van der Waals surface area contributed by atoms with Crippen molar-refractivity contribution in [3.8, 4) is 11.3 Å². The molecule has 0 unspecified atom stereocenters. The molecule has 2 aromatic heterocycles. The molecule has 4 aromatic rings. The summed E-state index contributed by atoms with van der Waals surface area (Å²) in [5.41, 5.74) is 10.2. The van der Waals surface area contributed by atoms with Gasteiger partial charge in [0, 0.05) is 35.5 Å². The number of hydrogen-bond acceptors (Lipinski definition) is 4. The summed E-state index contributed by atoms with van der Waals surface area (Å²) >= 11 is 0. The number of aromatic nitrogens is 3. The van der Waals surface area contributed by atoms with E-state index in [1.165, 1.54) is 0 Å². The van der Waals surface area contributed by atoms with Crippen LogP contribution in [0.4, 0.5) is 17.2 Å². The maximum absolute atomic E-state index is 5.86. The summed E-state index contributed by atoms with van der Waals surface area (Å²) in [6.07, 6.45) is 5.61. The minimum Gasteiger partial charge on any atom is -0.399 e. The van der Waals surface area contributed by atoms with Crippen LogP contribution in [-0.4, -0.2) is 14.4 Å². The van der Waals surface area contributed by atoms with Gasteiger partial charge in [0.2, 0.25) is 0 Å². The zero-order chi connectivity index (χ0) is 15.6. The maximum Gasteiger partial charge on any atom is 0.181 e. The number of nitrogens with one attached hydrogen (secondary N) is 1. The summed E-state index contributed by atoms with van der Waals surface area (Å²) in [5, 5.41) is 3.30. The molecule has 23 heavy (non-hydrogen) atoms. The SMILES string of the molecule is Nc1cccc(-c2cn3ccnc(Nc4ccccc4)c3n2)c1. The van der Waals surface area contributed by atoms with E-state index in [9.17, 15) is 0 Å². The first-order valence-corrected chi connectivity index (χ1v) is 7.31. The van der Waals surface area contributed by atoms with Crippen molar-refractivity contribution in [1.29, 1.82) is 0 Å². The highest BCUT2D eigenvalue weighted by Crippen LogP contribution is 2.24. The predicted molar refractivity (Wildman–Crippen MR) is 92.6 cm³/mol. The fourth-order valence-electron chi connectivity index (χ4n) is 2.50. The van der Waals surface area contributed by atoms with Crippen LogP contribution in [-0.2, 0) is 0 Å². The molecule has 2 heterocycles. The molecule has 0 fully saturated rings. The summed E-state index contributed by atoms with van der Waals surface area (Å²) in [4.78, 5) is 9.11. The van der Waals surface area contributed by atoms with E-state index >= 15 is 0 Å². The van der Waals surface area contributed by atoms with Crippen molar-refractivity contribution in [3.05, 3.63) is 73.2 Å². The Morgan fingerprint density at radius 2 is 1.87 bits per heavy atom. The van der Waals surface area contributed by atoms with Crippen LogP contribution in [0.25, 0.3) is 16.9 Å². The van der Waals surface area contributed by atoms with Gasteiger partial charge in [0.25, 0.3) is 0 Å². The lowest BCUT2D eigenvalue weighted by Crippen LogP contribution is -1.97. The van der Waals surface area contributed by atoms with Crippen molar-refractivity contribution in [3.63, 3.8) is 0 Å². The van der Waals surface area contributed by atoms with Crippen molar-refractivity contribution in [2.45, 2.75) is 0 Å². The van der Waals surface area contributed by atoms with Gasteiger partial charge in [-0.3, -0.25) is 0 Å². The molecule has 5 nitrogen and oxygen atoms in total. The van der Waals surface area contributed by atoms with Gasteiger partial charge in [0.05, 0.1) is 5.69 Å². The van der Waals surface area contributed by atoms with Crippen LogP contribution in [0.15, 0.2) is 73.2 Å². The smallest absolute Gasteiger partial charge is 0.181 e. The first-order chi connectivity index (χ1) is 11.3. The molecule has 0 aliphatic rings. The van der Waals surface area contributed by atoms with Gasteiger partial charge in [-0.2, -0.15) is 0 Å². The van der Waals surface area contributed by atoms with Crippen LogP contribution in [0.3, 0.4) is 0 Å². The molecule has 0 aliphatic carbocycles. The summed E-state index contributed by atoms with van der Waals surface area (Å²) in [6.45, 7) is 0. The normalized spacial score (nSPS) is 10.8. The molecule has 112 valence electrons. The van der Waals surface area contributed by atoms with E-state index < -0.39 is 0 Å². The second-order valence-corrected chi connectivity index (χ2v) is 5.25. The first-order valence-electron chi connectivity index (χ1n) is 7.31. The van der Waals surface area contributed by atoms with Crippen LogP contribution in [0, 0.1) is 0 Å². The Bertz CT molecular complexity index is 959. The van der Waals surface area contributed by atoms with Gasteiger partial charge >= 0.3 is 0 Å². The fourth-order valence-corrected chi connectivity index (χ4v) is 2.50. The molecule has 0 amide bonds. The Kier molecular flexibility index (Phi) is 3.16. The van der Waals surface area contributed by atoms with Crippen LogP contribution in [0.2, 0.25) is 0 Å². The Balaban J connectivity index is 1.78. The van der Waals surface area contributed by atoms with Gasteiger partial charge in [-0.05, 0) is 24.3 Å². The van der Waals surface area contributed by atoms with Gasteiger partial charge in [0.1, 0.15) is 0 Å². The number of nitrogen functional groups attached to an aromatic ring is 1. The number of nitrogens with two attached hydrogens (primary N) is 1. The highest BCUT2D eigenvalue weighted by molar-refractivity contribution is 5.74. The minimum absolute atomic E-state index is 0.717. The number of imidazole rings is 1. The molecule has 3 N–H and O–H groups in total. The van der Waals surface area contributed by atoms with Crippen LogP contribution >= 0.6 is 0 Å². The molecule has 0 bridgehead atoms. The molecule has 0 saturated heterocycles. The second-order valence-electron chi connectivity index (χ2n) is 5.25. The zero-order valence-electron chi connectivity index (χ0n) is 12.3. The highest BCUT2D eigenvalue weighted by atomic mass is 15.1. The van der Waals surface area contributed by atoms with Gasteiger partial charge in [0.15, 0.2) is 11.5 Å². The lowest BCUT2D eigenvalue weighted by molar-refractivity contribution is 1.13. The minimum atomic E-state index is 0.717. The second kappa shape index (κ2) is 5.46. The Morgan fingerprint density at radius 1 is 1.00 bits per heavy atom. The van der Waals surface area contributed by atoms with Crippen molar-refractivity contribution in [2.24, 2.45) is 0 Å². The summed E-state index contributed by atoms with van der Waals surface area (Å²) < 4.78 is 1.96. The van der Waals surface area contributed by atoms with E-state index in [0.29, 0.717) is 5.82 Å². The average Bonchev–Trinajstić information content (AvgIpc) is 3.01. The summed E-state index contributed by atoms with van der Waals surface area (Å²) in [7, 11) is 0. The topological polar surface area (TPSA) is 68.2 Å². The van der Waals surface area contributed by atoms with Gasteiger partial charge in [-0.1, -0.05) is 30.3 Å². The number of hydrogen-bond donors (Lipinski definition) is 2. The quantitative estimate of drug-likeness (QED) is 0.566. The third-order valence-corrected chi connectivity index (χ3v) is 3.59. The predicted octanol–water partition coefficient (Wildman–Crippen LogP) is 3.72. The standard InChI is InChI=1S/C18H15N5/c19-14-6-4-5-13(11-14)16-12-23-10-9-20-17(18(23)22-16)21-15-7-2-1-3-8-15/h1-12H,19H2,(H,20,21). The van der Waals surface area contributed by atoms with Gasteiger partial charge < -0.3 is 15.5 Å². The highest BCUT2D eigenvalue weighted by Gasteiger charge is 2.09. The third-order valence-electron chi connectivity index (χ3n) is 3.59. The monoisotopic (exact) mass is 301 g/mol. The van der Waals surface area contributed by atoms with Crippen LogP contribution < -0.4 is 11.1 Å². The lowest BCUT2D eigenvalue weighted by Gasteiger charge is -2.05. The number of anilines is 3. The number of benzene rings is 2. The van der Waals surface area contributed by atoms with Crippen molar-refractivity contribution in [1.82, 2.24) is 14.4 Å². The number of rotatable bonds is 3. The Hall–Kier alpha value is -3.34. The molecule has 5 heteroatoms. The summed E-state index contributed by atoms with van der Waals surface area (Å²) in [6, 6.07) is 17.6. The maximum atomic E-state index is 5.86. The first kappa shape index (κ1) is 13.3. The lowest BCUT2D eigenvalue weighted by atomic mass is 10.1. The van der Waals surface area contributed by atoms with E-state index in [2.05, 4.69) is 10.3 Å². The van der Waals surface area contributed by atoms with Crippen molar-refractivity contribution >= 4 is 22.8 Å². The van der Waals surface area contributed by atoms with Gasteiger partial charge in [-0.25, -0.2) is 9.97 Å². The molecule has 4 rings (SSSR count). The molecular weight excluding hydrogens is 286 g/mol. The van der Waals surface area contributed by atoms with E-state index in [-0.39, 0.29) is 0 Å². The van der Waals surface area contributed by atoms with Crippen LogP contribution in [0.1, 0.15) is 0 Å². The molecule has 0 aliphatic heterocycles. The zero-order valence-corrected chi connectivity index (χ0v) is 12.3. The molecule has 0 atom stereocenters. The van der Waals surface area contributed by atoms with Crippen molar-refractivity contribution in [2.75, 3.05) is 11.1 Å². The van der Waals surface area contributed by atoms with Gasteiger partial charge in [-0.15, -0.1) is 0 Å².